The van der Waals surface area contributed by atoms with E-state index in [0.717, 1.165) is 39.1 Å². The number of hydrogen-bond donors (Lipinski definition) is 1. The number of hydrogen-bond acceptors (Lipinski definition) is 4. The van der Waals surface area contributed by atoms with E-state index in [-0.39, 0.29) is 0 Å². The highest BCUT2D eigenvalue weighted by Gasteiger charge is 2.34. The van der Waals surface area contributed by atoms with Gasteiger partial charge in [-0.2, -0.15) is 0 Å². The Kier molecular flexibility index (Phi) is 3.07. The highest BCUT2D eigenvalue weighted by molar-refractivity contribution is 4.87. The Labute approximate surface area is 85.4 Å². The Hall–Kier alpha value is -0.160. The largest absolute Gasteiger partial charge is 0.386 e. The summed E-state index contributed by atoms with van der Waals surface area (Å²) in [5, 5.41) is 10.1. The van der Waals surface area contributed by atoms with Crippen LogP contribution in [0.15, 0.2) is 0 Å². The van der Waals surface area contributed by atoms with Crippen LogP contribution in [0.4, 0.5) is 0 Å². The molecule has 0 saturated carbocycles. The first-order chi connectivity index (χ1) is 6.68. The van der Waals surface area contributed by atoms with Gasteiger partial charge in [0, 0.05) is 45.8 Å². The number of ether oxygens (including phenoxy) is 1. The molecule has 0 amide bonds. The SMILES string of the molecule is CN1CCN(CC2(O)CCOC2)CC1. The molecule has 2 aliphatic rings. The Morgan fingerprint density at radius 3 is 2.57 bits per heavy atom. The van der Waals surface area contributed by atoms with Crippen LogP contribution in [0.1, 0.15) is 6.42 Å². The normalized spacial score (nSPS) is 36.4. The molecular formula is C10H20N2O2. The minimum absolute atomic E-state index is 0.513. The van der Waals surface area contributed by atoms with E-state index in [4.69, 9.17) is 4.74 Å². The van der Waals surface area contributed by atoms with Crippen LogP contribution in [0.3, 0.4) is 0 Å². The molecule has 0 radical (unpaired) electrons. The summed E-state index contributed by atoms with van der Waals surface area (Å²) in [5.74, 6) is 0. The van der Waals surface area contributed by atoms with Gasteiger partial charge in [0.25, 0.3) is 0 Å². The van der Waals surface area contributed by atoms with Gasteiger partial charge in [-0.1, -0.05) is 0 Å². The van der Waals surface area contributed by atoms with Gasteiger partial charge in [-0.15, -0.1) is 0 Å². The summed E-state index contributed by atoms with van der Waals surface area (Å²) in [5.41, 5.74) is -0.574. The fourth-order valence-electron chi connectivity index (χ4n) is 2.14. The molecule has 2 heterocycles. The first kappa shape index (κ1) is 10.4. The van der Waals surface area contributed by atoms with Gasteiger partial charge in [-0.05, 0) is 7.05 Å². The van der Waals surface area contributed by atoms with Gasteiger partial charge in [-0.25, -0.2) is 0 Å². The standard InChI is InChI=1S/C10H20N2O2/c1-11-3-5-12(6-4-11)8-10(13)2-7-14-9-10/h13H,2-9H2,1H3. The van der Waals surface area contributed by atoms with Crippen molar-refractivity contribution in [3.63, 3.8) is 0 Å². The van der Waals surface area contributed by atoms with Gasteiger partial charge in [-0.3, -0.25) is 4.90 Å². The van der Waals surface area contributed by atoms with Crippen LogP contribution in [0.2, 0.25) is 0 Å². The molecule has 0 aromatic heterocycles. The van der Waals surface area contributed by atoms with E-state index in [1.54, 1.807) is 0 Å². The fourth-order valence-corrected chi connectivity index (χ4v) is 2.14. The second kappa shape index (κ2) is 4.14. The van der Waals surface area contributed by atoms with Crippen molar-refractivity contribution in [2.24, 2.45) is 0 Å². The second-order valence-electron chi connectivity index (χ2n) is 4.61. The van der Waals surface area contributed by atoms with E-state index in [1.807, 2.05) is 0 Å². The number of likely N-dealkylation sites (N-methyl/N-ethyl adjacent to an activating group) is 1. The van der Waals surface area contributed by atoms with Gasteiger partial charge in [0.1, 0.15) is 5.60 Å². The number of nitrogens with zero attached hydrogens (tertiary/aromatic N) is 2. The third-order valence-electron chi connectivity index (χ3n) is 3.20. The van der Waals surface area contributed by atoms with Crippen molar-refractivity contribution in [3.05, 3.63) is 0 Å². The Morgan fingerprint density at radius 2 is 2.00 bits per heavy atom. The first-order valence-electron chi connectivity index (χ1n) is 5.39. The highest BCUT2D eigenvalue weighted by Crippen LogP contribution is 2.20. The van der Waals surface area contributed by atoms with Crippen LogP contribution in [0, 0.1) is 0 Å². The van der Waals surface area contributed by atoms with Crippen molar-refractivity contribution in [1.82, 2.24) is 9.80 Å². The summed E-state index contributed by atoms with van der Waals surface area (Å²) in [6, 6.07) is 0. The predicted molar refractivity (Wildman–Crippen MR) is 54.3 cm³/mol. The van der Waals surface area contributed by atoms with Gasteiger partial charge in [0.05, 0.1) is 6.61 Å². The summed E-state index contributed by atoms with van der Waals surface area (Å²) < 4.78 is 5.24. The van der Waals surface area contributed by atoms with Crippen LogP contribution in [0.5, 0.6) is 0 Å². The van der Waals surface area contributed by atoms with Crippen molar-refractivity contribution >= 4 is 0 Å². The first-order valence-corrected chi connectivity index (χ1v) is 5.39. The molecule has 0 aromatic rings. The molecule has 4 heteroatoms. The van der Waals surface area contributed by atoms with Crippen molar-refractivity contribution in [2.75, 3.05) is 53.0 Å². The van der Waals surface area contributed by atoms with E-state index in [1.165, 1.54) is 0 Å². The maximum atomic E-state index is 10.1. The zero-order chi connectivity index (χ0) is 10.0. The topological polar surface area (TPSA) is 35.9 Å². The zero-order valence-electron chi connectivity index (χ0n) is 8.91. The molecule has 14 heavy (non-hydrogen) atoms. The van der Waals surface area contributed by atoms with Gasteiger partial charge < -0.3 is 14.7 Å². The third-order valence-corrected chi connectivity index (χ3v) is 3.20. The molecule has 0 spiro atoms. The Morgan fingerprint density at radius 1 is 1.29 bits per heavy atom. The van der Waals surface area contributed by atoms with E-state index in [0.29, 0.717) is 13.2 Å². The molecule has 4 nitrogen and oxygen atoms in total. The van der Waals surface area contributed by atoms with Crippen LogP contribution < -0.4 is 0 Å². The molecule has 2 aliphatic heterocycles. The fraction of sp³-hybridized carbons (Fsp3) is 1.00. The maximum absolute atomic E-state index is 10.1. The molecule has 0 aliphatic carbocycles. The summed E-state index contributed by atoms with van der Waals surface area (Å²) in [7, 11) is 2.14. The van der Waals surface area contributed by atoms with Crippen molar-refractivity contribution in [1.29, 1.82) is 0 Å². The summed E-state index contributed by atoms with van der Waals surface area (Å²) in [4.78, 5) is 4.67. The molecule has 2 fully saturated rings. The lowest BCUT2D eigenvalue weighted by atomic mass is 10.0. The molecule has 2 saturated heterocycles. The van der Waals surface area contributed by atoms with E-state index >= 15 is 0 Å². The number of β-amino-alcohol motifs (C(OH)–C–C–N with tert-alkyl or cyclic N) is 1. The van der Waals surface area contributed by atoms with Crippen LogP contribution in [-0.4, -0.2) is 73.5 Å². The zero-order valence-corrected chi connectivity index (χ0v) is 8.91. The molecule has 0 aromatic carbocycles. The van der Waals surface area contributed by atoms with Crippen LogP contribution in [0.25, 0.3) is 0 Å². The smallest absolute Gasteiger partial charge is 0.103 e. The van der Waals surface area contributed by atoms with E-state index in [2.05, 4.69) is 16.8 Å². The molecule has 1 N–H and O–H groups in total. The van der Waals surface area contributed by atoms with Crippen molar-refractivity contribution < 1.29 is 9.84 Å². The number of piperazine rings is 1. The van der Waals surface area contributed by atoms with Gasteiger partial charge >= 0.3 is 0 Å². The number of aliphatic hydroxyl groups is 1. The molecule has 1 atom stereocenters. The molecule has 2 rings (SSSR count). The minimum atomic E-state index is -0.574. The van der Waals surface area contributed by atoms with E-state index in [9.17, 15) is 5.11 Å². The molecule has 0 bridgehead atoms. The van der Waals surface area contributed by atoms with Crippen LogP contribution >= 0.6 is 0 Å². The van der Waals surface area contributed by atoms with Crippen LogP contribution in [-0.2, 0) is 4.74 Å². The summed E-state index contributed by atoms with van der Waals surface area (Å²) in [6.07, 6.45) is 0.791. The lowest BCUT2D eigenvalue weighted by Crippen LogP contribution is -2.51. The predicted octanol–water partition coefficient (Wildman–Crippen LogP) is -0.615. The monoisotopic (exact) mass is 200 g/mol. The lowest BCUT2D eigenvalue weighted by Gasteiger charge is -2.36. The van der Waals surface area contributed by atoms with Gasteiger partial charge in [0.2, 0.25) is 0 Å². The van der Waals surface area contributed by atoms with Crippen molar-refractivity contribution in [3.8, 4) is 0 Å². The molecule has 1 unspecified atom stereocenters. The third kappa shape index (κ3) is 2.45. The molecular weight excluding hydrogens is 180 g/mol. The highest BCUT2D eigenvalue weighted by atomic mass is 16.5. The van der Waals surface area contributed by atoms with Crippen molar-refractivity contribution in [2.45, 2.75) is 12.0 Å². The number of rotatable bonds is 2. The van der Waals surface area contributed by atoms with E-state index < -0.39 is 5.60 Å². The Bertz CT molecular complexity index is 185. The summed E-state index contributed by atoms with van der Waals surface area (Å²) in [6.45, 7) is 6.36. The second-order valence-corrected chi connectivity index (χ2v) is 4.61. The lowest BCUT2D eigenvalue weighted by molar-refractivity contribution is -0.0137. The Balaban J connectivity index is 1.79. The average Bonchev–Trinajstić information content (AvgIpc) is 2.57. The quantitative estimate of drug-likeness (QED) is 0.645. The summed E-state index contributed by atoms with van der Waals surface area (Å²) >= 11 is 0. The maximum Gasteiger partial charge on any atom is 0.103 e. The average molecular weight is 200 g/mol. The minimum Gasteiger partial charge on any atom is -0.386 e. The van der Waals surface area contributed by atoms with Gasteiger partial charge in [0.15, 0.2) is 0 Å². The molecule has 82 valence electrons.